The Morgan fingerprint density at radius 3 is 2.50 bits per heavy atom. The first-order chi connectivity index (χ1) is 12.4. The molecule has 2 N–H and O–H groups in total. The number of aromatic nitrogens is 3. The van der Waals surface area contributed by atoms with Crippen molar-refractivity contribution in [1.82, 2.24) is 19.3 Å². The van der Waals surface area contributed by atoms with Gasteiger partial charge in [-0.15, -0.1) is 0 Å². The molecule has 0 bridgehead atoms. The predicted octanol–water partition coefficient (Wildman–Crippen LogP) is 1.52. The summed E-state index contributed by atoms with van der Waals surface area (Å²) in [6, 6.07) is 8.36. The van der Waals surface area contributed by atoms with Crippen LogP contribution in [0.1, 0.15) is 0 Å². The third-order valence-electron chi connectivity index (χ3n) is 4.40. The normalized spacial score (nSPS) is 16.3. The van der Waals surface area contributed by atoms with Gasteiger partial charge in [-0.1, -0.05) is 0 Å². The number of nitrogens with zero attached hydrogens (tertiary/aromatic N) is 3. The summed E-state index contributed by atoms with van der Waals surface area (Å²) in [5.74, 6) is 0.816. The van der Waals surface area contributed by atoms with Crippen LogP contribution in [0.5, 0.6) is 0 Å². The van der Waals surface area contributed by atoms with E-state index >= 15 is 0 Å². The lowest BCUT2D eigenvalue weighted by Gasteiger charge is -2.35. The third kappa shape index (κ3) is 3.04. The van der Waals surface area contributed by atoms with Crippen molar-refractivity contribution in [2.45, 2.75) is 4.90 Å². The largest absolute Gasteiger partial charge is 0.353 e. The van der Waals surface area contributed by atoms with Crippen molar-refractivity contribution >= 4 is 42.8 Å². The van der Waals surface area contributed by atoms with Gasteiger partial charge in [-0.2, -0.15) is 4.31 Å². The number of aromatic amines is 2. The molecule has 3 heterocycles. The van der Waals surface area contributed by atoms with Crippen LogP contribution in [0.2, 0.25) is 0 Å². The van der Waals surface area contributed by atoms with E-state index in [1.54, 1.807) is 12.3 Å². The van der Waals surface area contributed by atoms with Crippen molar-refractivity contribution in [3.05, 3.63) is 51.5 Å². The highest BCUT2D eigenvalue weighted by atomic mass is 79.9. The average Bonchev–Trinajstić information content (AvgIpc) is 3.01. The number of anilines is 1. The fraction of sp³-hybridized carbons (Fsp3) is 0.250. The van der Waals surface area contributed by atoms with Gasteiger partial charge in [0, 0.05) is 32.4 Å². The molecule has 1 aliphatic rings. The molecule has 0 atom stereocenters. The number of hydrogen-bond donors (Lipinski definition) is 2. The zero-order valence-electron chi connectivity index (χ0n) is 13.6. The molecule has 0 radical (unpaired) electrons. The second-order valence-electron chi connectivity index (χ2n) is 5.99. The van der Waals surface area contributed by atoms with E-state index in [1.165, 1.54) is 16.4 Å². The van der Waals surface area contributed by atoms with Gasteiger partial charge in [-0.05, 0) is 46.3 Å². The lowest BCUT2D eigenvalue weighted by molar-refractivity contribution is 0.383. The molecule has 8 nitrogen and oxygen atoms in total. The quantitative estimate of drug-likeness (QED) is 0.646. The molecular formula is C16H16BrN5O3S. The highest BCUT2D eigenvalue weighted by Gasteiger charge is 2.29. The van der Waals surface area contributed by atoms with Crippen LogP contribution in [0.25, 0.3) is 11.0 Å². The number of benzene rings is 1. The standard InChI is InChI=1S/C16H16BrN5O3S/c17-12-2-1-5-18-15(12)21-6-8-22(9-7-21)26(24,25)11-3-4-13-14(10-11)20-16(23)19-13/h1-5,10H,6-9H2,(H2,19,20,23). The number of halogens is 1. The topological polar surface area (TPSA) is 102 Å². The number of H-pyrrole nitrogens is 2. The summed E-state index contributed by atoms with van der Waals surface area (Å²) in [7, 11) is -3.62. The van der Waals surface area contributed by atoms with E-state index in [2.05, 4.69) is 35.8 Å². The summed E-state index contributed by atoms with van der Waals surface area (Å²) in [4.78, 5) is 23.2. The Bertz CT molecular complexity index is 1120. The molecule has 2 aromatic heterocycles. The first kappa shape index (κ1) is 17.3. The van der Waals surface area contributed by atoms with Crippen molar-refractivity contribution in [2.24, 2.45) is 0 Å². The smallest absolute Gasteiger partial charge is 0.323 e. The van der Waals surface area contributed by atoms with Crippen LogP contribution >= 0.6 is 15.9 Å². The summed E-state index contributed by atoms with van der Waals surface area (Å²) in [5.41, 5.74) is 0.704. The van der Waals surface area contributed by atoms with Crippen molar-refractivity contribution in [1.29, 1.82) is 0 Å². The highest BCUT2D eigenvalue weighted by Crippen LogP contribution is 2.26. The van der Waals surface area contributed by atoms with E-state index in [-0.39, 0.29) is 10.6 Å². The Labute approximate surface area is 158 Å². The van der Waals surface area contributed by atoms with Crippen LogP contribution in [-0.2, 0) is 10.0 Å². The van der Waals surface area contributed by atoms with Crippen molar-refractivity contribution < 1.29 is 8.42 Å². The van der Waals surface area contributed by atoms with Crippen LogP contribution in [0.15, 0.2) is 50.7 Å². The molecule has 0 aliphatic carbocycles. The molecule has 1 aliphatic heterocycles. The summed E-state index contributed by atoms with van der Waals surface area (Å²) in [6.07, 6.45) is 1.72. The summed E-state index contributed by atoms with van der Waals surface area (Å²) < 4.78 is 28.2. The molecule has 0 unspecified atom stereocenters. The van der Waals surface area contributed by atoms with E-state index in [9.17, 15) is 13.2 Å². The molecule has 1 fully saturated rings. The zero-order chi connectivity index (χ0) is 18.3. The molecule has 1 aromatic carbocycles. The Hall–Kier alpha value is -2.17. The van der Waals surface area contributed by atoms with Crippen molar-refractivity contribution in [3.8, 4) is 0 Å². The third-order valence-corrected chi connectivity index (χ3v) is 6.92. The van der Waals surface area contributed by atoms with Crippen LogP contribution < -0.4 is 10.6 Å². The van der Waals surface area contributed by atoms with E-state index in [4.69, 9.17) is 0 Å². The number of rotatable bonds is 3. The Kier molecular flexibility index (Phi) is 4.33. The molecule has 3 aromatic rings. The summed E-state index contributed by atoms with van der Waals surface area (Å²) in [6.45, 7) is 1.84. The molecule has 1 saturated heterocycles. The van der Waals surface area contributed by atoms with E-state index in [0.717, 1.165) is 10.3 Å². The molecule has 10 heteroatoms. The monoisotopic (exact) mass is 437 g/mol. The van der Waals surface area contributed by atoms with Gasteiger partial charge in [-0.25, -0.2) is 18.2 Å². The first-order valence-electron chi connectivity index (χ1n) is 8.03. The van der Waals surface area contributed by atoms with Crippen LogP contribution in [0, 0.1) is 0 Å². The maximum atomic E-state index is 12.9. The van der Waals surface area contributed by atoms with Gasteiger partial charge >= 0.3 is 5.69 Å². The van der Waals surface area contributed by atoms with Crippen LogP contribution in [0.3, 0.4) is 0 Å². The number of imidazole rings is 1. The van der Waals surface area contributed by atoms with Crippen molar-refractivity contribution in [2.75, 3.05) is 31.1 Å². The second-order valence-corrected chi connectivity index (χ2v) is 8.78. The van der Waals surface area contributed by atoms with Gasteiger partial charge in [0.15, 0.2) is 0 Å². The van der Waals surface area contributed by atoms with Crippen LogP contribution in [0.4, 0.5) is 5.82 Å². The second kappa shape index (κ2) is 6.53. The number of hydrogen-bond acceptors (Lipinski definition) is 5. The molecule has 0 amide bonds. The minimum Gasteiger partial charge on any atom is -0.353 e. The maximum Gasteiger partial charge on any atom is 0.323 e. The SMILES string of the molecule is O=c1[nH]c2ccc(S(=O)(=O)N3CCN(c4ncccc4Br)CC3)cc2[nH]1. The lowest BCUT2D eigenvalue weighted by Crippen LogP contribution is -2.49. The summed E-state index contributed by atoms with van der Waals surface area (Å²) >= 11 is 3.48. The van der Waals surface area contributed by atoms with Gasteiger partial charge in [0.05, 0.1) is 20.4 Å². The number of pyridine rings is 1. The molecule has 0 spiro atoms. The fourth-order valence-corrected chi connectivity index (χ4v) is 5.03. The number of nitrogens with one attached hydrogen (secondary N) is 2. The van der Waals surface area contributed by atoms with Gasteiger partial charge < -0.3 is 14.9 Å². The van der Waals surface area contributed by atoms with E-state index in [0.29, 0.717) is 37.2 Å². The minimum absolute atomic E-state index is 0.174. The molecular weight excluding hydrogens is 422 g/mol. The van der Waals surface area contributed by atoms with Crippen LogP contribution in [-0.4, -0.2) is 53.9 Å². The maximum absolute atomic E-state index is 12.9. The van der Waals surface area contributed by atoms with Crippen molar-refractivity contribution in [3.63, 3.8) is 0 Å². The number of sulfonamides is 1. The number of piperazine rings is 1. The molecule has 26 heavy (non-hydrogen) atoms. The van der Waals surface area contributed by atoms with Gasteiger partial charge in [0.2, 0.25) is 10.0 Å². The Morgan fingerprint density at radius 2 is 1.77 bits per heavy atom. The van der Waals surface area contributed by atoms with Gasteiger partial charge in [-0.3, -0.25) is 0 Å². The van der Waals surface area contributed by atoms with Gasteiger partial charge in [0.25, 0.3) is 0 Å². The zero-order valence-corrected chi connectivity index (χ0v) is 16.0. The minimum atomic E-state index is -3.62. The lowest BCUT2D eigenvalue weighted by atomic mass is 10.3. The Morgan fingerprint density at radius 1 is 1.04 bits per heavy atom. The molecule has 0 saturated carbocycles. The van der Waals surface area contributed by atoms with Gasteiger partial charge in [0.1, 0.15) is 5.82 Å². The van der Waals surface area contributed by atoms with E-state index < -0.39 is 10.0 Å². The Balaban J connectivity index is 1.55. The predicted molar refractivity (Wildman–Crippen MR) is 102 cm³/mol. The average molecular weight is 438 g/mol. The highest BCUT2D eigenvalue weighted by molar-refractivity contribution is 9.10. The summed E-state index contributed by atoms with van der Waals surface area (Å²) in [5, 5.41) is 0. The first-order valence-corrected chi connectivity index (χ1v) is 10.3. The fourth-order valence-electron chi connectivity index (χ4n) is 3.07. The number of fused-ring (bicyclic) bond motifs is 1. The molecule has 4 rings (SSSR count). The van der Waals surface area contributed by atoms with E-state index in [1.807, 2.05) is 12.1 Å². The molecule has 136 valence electrons.